The van der Waals surface area contributed by atoms with Crippen LogP contribution >= 0.6 is 0 Å². The standard InChI is InChI=1S/C32H55NO8/c1-7-27(21(4)18-23-12-14-24(34)15-13-23)40-31(37)26-10-8-9-17-33(26)30(36)29(35)32(38)22(5)11-16-25(41-32)19-28(39-6)20(2)3/h20-28,34,38H,7-19H2,1-6H3/t21-,22-,23?,24?,25+,26+,27+,28+,32-/m1/s1. The van der Waals surface area contributed by atoms with Crippen LogP contribution in [-0.2, 0) is 28.6 Å². The van der Waals surface area contributed by atoms with Gasteiger partial charge >= 0.3 is 5.97 Å². The number of amides is 1. The number of aliphatic hydroxyl groups excluding tert-OH is 1. The zero-order valence-corrected chi connectivity index (χ0v) is 26.2. The average molecular weight is 582 g/mol. The van der Waals surface area contributed by atoms with E-state index in [9.17, 15) is 24.6 Å². The Bertz CT molecular complexity index is 872. The fourth-order valence-electron chi connectivity index (χ4n) is 6.99. The number of methoxy groups -OCH3 is 1. The maximum absolute atomic E-state index is 13.6. The Morgan fingerprint density at radius 3 is 2.27 bits per heavy atom. The van der Waals surface area contributed by atoms with Gasteiger partial charge in [0.15, 0.2) is 0 Å². The highest BCUT2D eigenvalue weighted by atomic mass is 16.6. The molecule has 236 valence electrons. The van der Waals surface area contributed by atoms with Crippen LogP contribution in [0.4, 0.5) is 0 Å². The predicted molar refractivity (Wildman–Crippen MR) is 155 cm³/mol. The quantitative estimate of drug-likeness (QED) is 0.257. The zero-order valence-electron chi connectivity index (χ0n) is 26.2. The summed E-state index contributed by atoms with van der Waals surface area (Å²) in [4.78, 5) is 42.0. The fourth-order valence-corrected chi connectivity index (χ4v) is 6.99. The van der Waals surface area contributed by atoms with Crippen molar-refractivity contribution in [3.05, 3.63) is 0 Å². The number of ether oxygens (including phenoxy) is 3. The number of nitrogens with zero attached hydrogens (tertiary/aromatic N) is 1. The summed E-state index contributed by atoms with van der Waals surface area (Å²) >= 11 is 0. The van der Waals surface area contributed by atoms with Gasteiger partial charge in [-0.1, -0.05) is 34.6 Å². The molecule has 1 aliphatic carbocycles. The van der Waals surface area contributed by atoms with Crippen LogP contribution in [-0.4, -0.2) is 82.7 Å². The molecule has 0 aromatic carbocycles. The van der Waals surface area contributed by atoms with Crippen LogP contribution in [0.25, 0.3) is 0 Å². The smallest absolute Gasteiger partial charge is 0.329 e. The number of carbonyl (C=O) groups excluding carboxylic acids is 3. The summed E-state index contributed by atoms with van der Waals surface area (Å²) in [5.41, 5.74) is 0. The summed E-state index contributed by atoms with van der Waals surface area (Å²) in [5, 5.41) is 21.3. The number of piperidine rings is 1. The molecular weight excluding hydrogens is 526 g/mol. The van der Waals surface area contributed by atoms with E-state index in [1.54, 1.807) is 14.0 Å². The van der Waals surface area contributed by atoms with E-state index in [0.29, 0.717) is 44.4 Å². The number of carbonyl (C=O) groups is 3. The third-order valence-corrected chi connectivity index (χ3v) is 9.86. The third kappa shape index (κ3) is 8.52. The first-order valence-electron chi connectivity index (χ1n) is 16.1. The van der Waals surface area contributed by atoms with Crippen LogP contribution in [0.2, 0.25) is 0 Å². The highest BCUT2D eigenvalue weighted by Gasteiger charge is 2.53. The van der Waals surface area contributed by atoms with Crippen molar-refractivity contribution in [1.29, 1.82) is 0 Å². The summed E-state index contributed by atoms with van der Waals surface area (Å²) in [6.07, 6.45) is 7.75. The molecule has 0 aromatic heterocycles. The SMILES string of the molecule is CC[C@H](OC(=O)[C@@H]1CCCCN1C(=O)C(=O)[C@]1(O)O[C@H](C[C@H](OC)C(C)C)CC[C@H]1C)[C@H](C)CC1CCC(O)CC1. The molecule has 1 saturated carbocycles. The second kappa shape index (κ2) is 15.3. The molecule has 3 rings (SSSR count). The number of esters is 1. The van der Waals surface area contributed by atoms with E-state index in [2.05, 4.69) is 6.92 Å². The van der Waals surface area contributed by atoms with Crippen molar-refractivity contribution in [2.45, 2.75) is 148 Å². The van der Waals surface area contributed by atoms with Gasteiger partial charge in [0.2, 0.25) is 5.79 Å². The van der Waals surface area contributed by atoms with Gasteiger partial charge in [0, 0.05) is 26.0 Å². The lowest BCUT2D eigenvalue weighted by Gasteiger charge is -2.43. The molecule has 41 heavy (non-hydrogen) atoms. The largest absolute Gasteiger partial charge is 0.461 e. The molecule has 0 spiro atoms. The van der Waals surface area contributed by atoms with Gasteiger partial charge in [-0.2, -0.15) is 0 Å². The number of rotatable bonds is 12. The Balaban J connectivity index is 1.66. The minimum Gasteiger partial charge on any atom is -0.461 e. The highest BCUT2D eigenvalue weighted by Crippen LogP contribution is 2.37. The number of ketones is 1. The van der Waals surface area contributed by atoms with E-state index in [-0.39, 0.29) is 36.7 Å². The topological polar surface area (TPSA) is 123 Å². The van der Waals surface area contributed by atoms with Crippen LogP contribution in [0.3, 0.4) is 0 Å². The van der Waals surface area contributed by atoms with E-state index >= 15 is 0 Å². The Kier molecular flexibility index (Phi) is 12.6. The average Bonchev–Trinajstić information content (AvgIpc) is 2.96. The van der Waals surface area contributed by atoms with Gasteiger partial charge in [0.25, 0.3) is 11.7 Å². The molecule has 0 bridgehead atoms. The van der Waals surface area contributed by atoms with Crippen LogP contribution in [0.15, 0.2) is 0 Å². The first kappa shape index (κ1) is 33.9. The Labute approximate surface area is 246 Å². The highest BCUT2D eigenvalue weighted by molar-refractivity contribution is 6.39. The molecule has 1 amide bonds. The summed E-state index contributed by atoms with van der Waals surface area (Å²) in [7, 11) is 1.64. The number of hydrogen-bond acceptors (Lipinski definition) is 8. The van der Waals surface area contributed by atoms with Crippen LogP contribution in [0.1, 0.15) is 112 Å². The second-order valence-corrected chi connectivity index (χ2v) is 13.3. The van der Waals surface area contributed by atoms with Crippen molar-refractivity contribution >= 4 is 17.7 Å². The molecule has 7 atom stereocenters. The normalized spacial score (nSPS) is 33.2. The lowest BCUT2D eigenvalue weighted by molar-refractivity contribution is -0.266. The fraction of sp³-hybridized carbons (Fsp3) is 0.906. The monoisotopic (exact) mass is 581 g/mol. The van der Waals surface area contributed by atoms with E-state index in [1.807, 2.05) is 20.8 Å². The molecule has 3 fully saturated rings. The molecular formula is C32H55NO8. The molecule has 9 nitrogen and oxygen atoms in total. The van der Waals surface area contributed by atoms with Crippen molar-refractivity contribution in [1.82, 2.24) is 4.90 Å². The van der Waals surface area contributed by atoms with Crippen LogP contribution < -0.4 is 0 Å². The van der Waals surface area contributed by atoms with E-state index in [0.717, 1.165) is 38.5 Å². The van der Waals surface area contributed by atoms with E-state index < -0.39 is 41.5 Å². The number of aliphatic hydroxyl groups is 2. The Hall–Kier alpha value is -1.55. The van der Waals surface area contributed by atoms with Crippen LogP contribution in [0, 0.1) is 23.7 Å². The summed E-state index contributed by atoms with van der Waals surface area (Å²) in [6.45, 7) is 10.2. The van der Waals surface area contributed by atoms with Crippen molar-refractivity contribution in [2.24, 2.45) is 23.7 Å². The van der Waals surface area contributed by atoms with Crippen molar-refractivity contribution in [3.63, 3.8) is 0 Å². The molecule has 2 heterocycles. The van der Waals surface area contributed by atoms with Gasteiger partial charge in [-0.05, 0) is 88.4 Å². The second-order valence-electron chi connectivity index (χ2n) is 13.3. The van der Waals surface area contributed by atoms with Gasteiger partial charge in [0.05, 0.1) is 18.3 Å². The summed E-state index contributed by atoms with van der Waals surface area (Å²) < 4.78 is 17.6. The van der Waals surface area contributed by atoms with Crippen molar-refractivity contribution in [2.75, 3.05) is 13.7 Å². The van der Waals surface area contributed by atoms with Gasteiger partial charge in [-0.3, -0.25) is 9.59 Å². The number of Topliss-reactive ketones (excluding diaryl/α,β-unsaturated/α-hetero) is 1. The molecule has 9 heteroatoms. The lowest BCUT2D eigenvalue weighted by atomic mass is 9.80. The van der Waals surface area contributed by atoms with Crippen LogP contribution in [0.5, 0.6) is 0 Å². The molecule has 2 saturated heterocycles. The zero-order chi connectivity index (χ0) is 30.3. The van der Waals surface area contributed by atoms with E-state index in [1.165, 1.54) is 4.90 Å². The first-order chi connectivity index (χ1) is 19.4. The predicted octanol–water partition coefficient (Wildman–Crippen LogP) is 4.40. The molecule has 0 radical (unpaired) electrons. The van der Waals surface area contributed by atoms with Crippen molar-refractivity contribution < 1.29 is 38.8 Å². The summed E-state index contributed by atoms with van der Waals surface area (Å²) in [6, 6.07) is -0.858. The number of likely N-dealkylation sites (tertiary alicyclic amines) is 1. The Morgan fingerprint density at radius 1 is 0.976 bits per heavy atom. The van der Waals surface area contributed by atoms with Gasteiger partial charge in [-0.25, -0.2) is 4.79 Å². The molecule has 2 aliphatic heterocycles. The number of hydrogen-bond donors (Lipinski definition) is 2. The van der Waals surface area contributed by atoms with Gasteiger partial charge in [0.1, 0.15) is 12.1 Å². The molecule has 0 unspecified atom stereocenters. The van der Waals surface area contributed by atoms with Gasteiger partial charge in [-0.15, -0.1) is 0 Å². The van der Waals surface area contributed by atoms with E-state index in [4.69, 9.17) is 14.2 Å². The minimum absolute atomic E-state index is 0.0942. The van der Waals surface area contributed by atoms with Gasteiger partial charge < -0.3 is 29.3 Å². The molecule has 3 aliphatic rings. The maximum atomic E-state index is 13.6. The first-order valence-corrected chi connectivity index (χ1v) is 16.1. The third-order valence-electron chi connectivity index (χ3n) is 9.86. The lowest BCUT2D eigenvalue weighted by Crippen LogP contribution is -2.61. The minimum atomic E-state index is -2.24. The Morgan fingerprint density at radius 2 is 1.66 bits per heavy atom. The summed E-state index contributed by atoms with van der Waals surface area (Å²) in [5.74, 6) is -4.28. The van der Waals surface area contributed by atoms with Crippen molar-refractivity contribution in [3.8, 4) is 0 Å². The maximum Gasteiger partial charge on any atom is 0.329 e. The molecule has 0 aromatic rings. The molecule has 2 N–H and O–H groups in total.